The molecule has 1 saturated heterocycles. The normalized spacial score (nSPS) is 32.8. The van der Waals surface area contributed by atoms with E-state index in [0.29, 0.717) is 18.5 Å². The Morgan fingerprint density at radius 2 is 2.00 bits per heavy atom. The minimum atomic E-state index is -0.229. The molecule has 2 fully saturated rings. The van der Waals surface area contributed by atoms with Crippen molar-refractivity contribution in [3.63, 3.8) is 0 Å². The Kier molecular flexibility index (Phi) is 5.42. The van der Waals surface area contributed by atoms with E-state index in [9.17, 15) is 5.11 Å². The molecule has 4 heteroatoms. The molecule has 106 valence electrons. The molecule has 0 aromatic carbocycles. The zero-order valence-corrected chi connectivity index (χ0v) is 11.5. The highest BCUT2D eigenvalue weighted by Gasteiger charge is 2.33. The van der Waals surface area contributed by atoms with Crippen molar-refractivity contribution in [1.82, 2.24) is 10.2 Å². The molecule has 4 nitrogen and oxygen atoms in total. The largest absolute Gasteiger partial charge is 0.395 e. The standard InChI is InChI=1S/C14H28N2O2/c1-11(18)12-8-13(15-6-7-17)10-16(9-12)14-4-2-3-5-14/h11-15,17-18H,2-10H2,1H3. The summed E-state index contributed by atoms with van der Waals surface area (Å²) < 4.78 is 0. The molecule has 2 rings (SSSR count). The van der Waals surface area contributed by atoms with Gasteiger partial charge in [-0.3, -0.25) is 4.90 Å². The summed E-state index contributed by atoms with van der Waals surface area (Å²) in [5.74, 6) is 0.371. The van der Waals surface area contributed by atoms with Crippen LogP contribution in [0.2, 0.25) is 0 Å². The zero-order chi connectivity index (χ0) is 13.0. The smallest absolute Gasteiger partial charge is 0.0556 e. The topological polar surface area (TPSA) is 55.7 Å². The number of likely N-dealkylation sites (tertiary alicyclic amines) is 1. The van der Waals surface area contributed by atoms with Gasteiger partial charge in [0.05, 0.1) is 12.7 Å². The van der Waals surface area contributed by atoms with Gasteiger partial charge < -0.3 is 15.5 Å². The molecule has 0 bridgehead atoms. The van der Waals surface area contributed by atoms with Gasteiger partial charge in [0.15, 0.2) is 0 Å². The summed E-state index contributed by atoms with van der Waals surface area (Å²) in [6, 6.07) is 1.15. The maximum Gasteiger partial charge on any atom is 0.0556 e. The van der Waals surface area contributed by atoms with E-state index in [2.05, 4.69) is 10.2 Å². The van der Waals surface area contributed by atoms with E-state index < -0.39 is 0 Å². The molecule has 3 atom stereocenters. The second kappa shape index (κ2) is 6.85. The number of hydrogen-bond donors (Lipinski definition) is 3. The summed E-state index contributed by atoms with van der Waals surface area (Å²) in [5.41, 5.74) is 0. The van der Waals surface area contributed by atoms with Crippen LogP contribution in [0.25, 0.3) is 0 Å². The SMILES string of the molecule is CC(O)C1CC(NCCO)CN(C2CCCC2)C1. The van der Waals surface area contributed by atoms with Crippen molar-refractivity contribution in [3.8, 4) is 0 Å². The van der Waals surface area contributed by atoms with Crippen LogP contribution in [-0.2, 0) is 0 Å². The first-order chi connectivity index (χ1) is 8.70. The van der Waals surface area contributed by atoms with E-state index in [1.165, 1.54) is 25.7 Å². The number of aliphatic hydroxyl groups is 2. The predicted molar refractivity (Wildman–Crippen MR) is 72.5 cm³/mol. The molecule has 3 unspecified atom stereocenters. The van der Waals surface area contributed by atoms with Crippen molar-refractivity contribution in [2.24, 2.45) is 5.92 Å². The molecule has 18 heavy (non-hydrogen) atoms. The summed E-state index contributed by atoms with van der Waals surface area (Å²) in [6.07, 6.45) is 6.15. The molecule has 3 N–H and O–H groups in total. The number of rotatable bonds is 5. The monoisotopic (exact) mass is 256 g/mol. The molecule has 2 aliphatic rings. The molecule has 1 aliphatic carbocycles. The van der Waals surface area contributed by atoms with Gasteiger partial charge in [0.25, 0.3) is 0 Å². The second-order valence-electron chi connectivity index (χ2n) is 6.00. The van der Waals surface area contributed by atoms with Gasteiger partial charge in [0.2, 0.25) is 0 Å². The number of aliphatic hydroxyl groups excluding tert-OH is 2. The van der Waals surface area contributed by atoms with Gasteiger partial charge >= 0.3 is 0 Å². The lowest BCUT2D eigenvalue weighted by molar-refractivity contribution is 0.0294. The molecule has 0 radical (unpaired) electrons. The highest BCUT2D eigenvalue weighted by atomic mass is 16.3. The van der Waals surface area contributed by atoms with E-state index in [1.807, 2.05) is 6.92 Å². The quantitative estimate of drug-likeness (QED) is 0.673. The fourth-order valence-electron chi connectivity index (χ4n) is 3.51. The zero-order valence-electron chi connectivity index (χ0n) is 11.5. The highest BCUT2D eigenvalue weighted by molar-refractivity contribution is 4.90. The molecular weight excluding hydrogens is 228 g/mol. The molecule has 1 saturated carbocycles. The highest BCUT2D eigenvalue weighted by Crippen LogP contribution is 2.29. The third-order valence-corrected chi connectivity index (χ3v) is 4.58. The van der Waals surface area contributed by atoms with Gasteiger partial charge in [0.1, 0.15) is 0 Å². The molecule has 0 aromatic rings. The molecule has 1 aliphatic heterocycles. The lowest BCUT2D eigenvalue weighted by Gasteiger charge is -2.42. The maximum absolute atomic E-state index is 9.88. The van der Waals surface area contributed by atoms with E-state index in [4.69, 9.17) is 5.11 Å². The third-order valence-electron chi connectivity index (χ3n) is 4.58. The summed E-state index contributed by atoms with van der Waals surface area (Å²) in [4.78, 5) is 2.57. The van der Waals surface area contributed by atoms with E-state index in [0.717, 1.165) is 25.6 Å². The predicted octanol–water partition coefficient (Wildman–Crippen LogP) is 0.582. The van der Waals surface area contributed by atoms with Crippen LogP contribution in [-0.4, -0.2) is 59.5 Å². The van der Waals surface area contributed by atoms with Crippen molar-refractivity contribution >= 4 is 0 Å². The van der Waals surface area contributed by atoms with Crippen LogP contribution >= 0.6 is 0 Å². The van der Waals surface area contributed by atoms with Crippen molar-refractivity contribution in [3.05, 3.63) is 0 Å². The molecular formula is C14H28N2O2. The van der Waals surface area contributed by atoms with Gasteiger partial charge in [-0.2, -0.15) is 0 Å². The Morgan fingerprint density at radius 1 is 1.28 bits per heavy atom. The Bertz CT molecular complexity index is 242. The number of piperidine rings is 1. The van der Waals surface area contributed by atoms with Crippen molar-refractivity contribution < 1.29 is 10.2 Å². The molecule has 0 aromatic heterocycles. The van der Waals surface area contributed by atoms with Crippen LogP contribution in [0.3, 0.4) is 0 Å². The van der Waals surface area contributed by atoms with Gasteiger partial charge in [-0.15, -0.1) is 0 Å². The molecule has 1 heterocycles. The molecule has 0 spiro atoms. The van der Waals surface area contributed by atoms with Crippen LogP contribution in [0, 0.1) is 5.92 Å². The van der Waals surface area contributed by atoms with Crippen molar-refractivity contribution in [2.45, 2.75) is 57.2 Å². The molecule has 0 amide bonds. The minimum Gasteiger partial charge on any atom is -0.395 e. The Hall–Kier alpha value is -0.160. The lowest BCUT2D eigenvalue weighted by atomic mass is 9.89. The average molecular weight is 256 g/mol. The van der Waals surface area contributed by atoms with Crippen LogP contribution in [0.1, 0.15) is 39.0 Å². The van der Waals surface area contributed by atoms with E-state index >= 15 is 0 Å². The first-order valence-electron chi connectivity index (χ1n) is 7.47. The van der Waals surface area contributed by atoms with Gasteiger partial charge in [-0.1, -0.05) is 12.8 Å². The average Bonchev–Trinajstić information content (AvgIpc) is 2.89. The third kappa shape index (κ3) is 3.67. The lowest BCUT2D eigenvalue weighted by Crippen LogP contribution is -2.54. The number of hydrogen-bond acceptors (Lipinski definition) is 4. The second-order valence-corrected chi connectivity index (χ2v) is 6.00. The van der Waals surface area contributed by atoms with Crippen molar-refractivity contribution in [2.75, 3.05) is 26.2 Å². The van der Waals surface area contributed by atoms with Crippen LogP contribution < -0.4 is 5.32 Å². The van der Waals surface area contributed by atoms with Gasteiger partial charge in [-0.05, 0) is 32.1 Å². The van der Waals surface area contributed by atoms with Gasteiger partial charge in [-0.25, -0.2) is 0 Å². The Labute approximate surface area is 110 Å². The van der Waals surface area contributed by atoms with Crippen LogP contribution in [0.15, 0.2) is 0 Å². The summed E-state index contributed by atoms with van der Waals surface area (Å²) in [7, 11) is 0. The summed E-state index contributed by atoms with van der Waals surface area (Å²) in [6.45, 7) is 4.88. The summed E-state index contributed by atoms with van der Waals surface area (Å²) in [5, 5.41) is 22.2. The fourth-order valence-corrected chi connectivity index (χ4v) is 3.51. The first kappa shape index (κ1) is 14.3. The van der Waals surface area contributed by atoms with E-state index in [1.54, 1.807) is 0 Å². The Balaban J connectivity index is 1.92. The Morgan fingerprint density at radius 3 is 2.61 bits per heavy atom. The first-order valence-corrected chi connectivity index (χ1v) is 7.47. The summed E-state index contributed by atoms with van der Waals surface area (Å²) >= 11 is 0. The number of nitrogens with one attached hydrogen (secondary N) is 1. The van der Waals surface area contributed by atoms with Crippen LogP contribution in [0.4, 0.5) is 0 Å². The van der Waals surface area contributed by atoms with E-state index in [-0.39, 0.29) is 12.7 Å². The van der Waals surface area contributed by atoms with Gasteiger partial charge in [0, 0.05) is 31.7 Å². The van der Waals surface area contributed by atoms with Crippen LogP contribution in [0.5, 0.6) is 0 Å². The minimum absolute atomic E-state index is 0.194. The fraction of sp³-hybridized carbons (Fsp3) is 1.00. The number of nitrogens with zero attached hydrogens (tertiary/aromatic N) is 1. The maximum atomic E-state index is 9.88. The van der Waals surface area contributed by atoms with Crippen molar-refractivity contribution in [1.29, 1.82) is 0 Å².